The Balaban J connectivity index is 1.56. The van der Waals surface area contributed by atoms with Crippen LogP contribution in [0.25, 0.3) is 0 Å². The highest BCUT2D eigenvalue weighted by Crippen LogP contribution is 2.26. The Labute approximate surface area is 103 Å². The lowest BCUT2D eigenvalue weighted by Crippen LogP contribution is -2.41. The van der Waals surface area contributed by atoms with Gasteiger partial charge in [-0.3, -0.25) is 4.90 Å². The lowest BCUT2D eigenvalue weighted by Gasteiger charge is -2.29. The Hall–Kier alpha value is -1.06. The van der Waals surface area contributed by atoms with E-state index in [2.05, 4.69) is 34.1 Å². The highest BCUT2D eigenvalue weighted by atomic mass is 16.5. The number of fused-ring (bicyclic) bond motifs is 1. The maximum atomic E-state index is 5.37. The van der Waals surface area contributed by atoms with Gasteiger partial charge in [0.15, 0.2) is 0 Å². The van der Waals surface area contributed by atoms with Gasteiger partial charge in [0, 0.05) is 38.4 Å². The van der Waals surface area contributed by atoms with Crippen molar-refractivity contribution in [3.63, 3.8) is 0 Å². The van der Waals surface area contributed by atoms with E-state index >= 15 is 0 Å². The third-order valence-corrected chi connectivity index (χ3v) is 3.77. The van der Waals surface area contributed by atoms with E-state index in [9.17, 15) is 0 Å². The molecule has 2 heterocycles. The smallest absolute Gasteiger partial charge is 0.0594 e. The van der Waals surface area contributed by atoms with Gasteiger partial charge in [-0.15, -0.1) is 0 Å². The Bertz CT molecular complexity index is 374. The maximum Gasteiger partial charge on any atom is 0.0594 e. The number of benzene rings is 1. The van der Waals surface area contributed by atoms with Gasteiger partial charge in [0.2, 0.25) is 0 Å². The molecular formula is C14H20N2O. The van der Waals surface area contributed by atoms with Crippen LogP contribution in [-0.4, -0.2) is 50.8 Å². The molecule has 0 aromatic heterocycles. The first kappa shape index (κ1) is 11.1. The predicted molar refractivity (Wildman–Crippen MR) is 69.6 cm³/mol. The minimum atomic E-state index is 0.899. The van der Waals surface area contributed by atoms with Gasteiger partial charge in [-0.05, 0) is 18.1 Å². The van der Waals surface area contributed by atoms with Crippen molar-refractivity contribution < 1.29 is 4.74 Å². The second-order valence-electron chi connectivity index (χ2n) is 4.82. The van der Waals surface area contributed by atoms with Gasteiger partial charge in [-0.1, -0.05) is 18.2 Å². The number of hydrogen-bond donors (Lipinski definition) is 0. The molecule has 0 radical (unpaired) electrons. The quantitative estimate of drug-likeness (QED) is 0.783. The molecule has 0 unspecified atom stereocenters. The minimum Gasteiger partial charge on any atom is -0.379 e. The summed E-state index contributed by atoms with van der Waals surface area (Å²) in [6.07, 6.45) is 1.21. The monoisotopic (exact) mass is 232 g/mol. The number of anilines is 1. The maximum absolute atomic E-state index is 5.37. The van der Waals surface area contributed by atoms with Crippen LogP contribution in [0.3, 0.4) is 0 Å². The zero-order valence-electron chi connectivity index (χ0n) is 10.3. The average molecular weight is 232 g/mol. The summed E-state index contributed by atoms with van der Waals surface area (Å²) in [6.45, 7) is 7.48. The first-order valence-electron chi connectivity index (χ1n) is 6.56. The van der Waals surface area contributed by atoms with Crippen LogP contribution in [-0.2, 0) is 11.2 Å². The molecule has 2 aliphatic heterocycles. The molecule has 3 heteroatoms. The van der Waals surface area contributed by atoms with Crippen LogP contribution in [0, 0.1) is 0 Å². The number of nitrogens with zero attached hydrogens (tertiary/aromatic N) is 2. The SMILES string of the molecule is c1ccc2c(c1)CCN2CCN1CCOCC1. The summed E-state index contributed by atoms with van der Waals surface area (Å²) < 4.78 is 5.37. The summed E-state index contributed by atoms with van der Waals surface area (Å²) in [5.41, 5.74) is 2.95. The van der Waals surface area contributed by atoms with Crippen LogP contribution in [0.15, 0.2) is 24.3 Å². The van der Waals surface area contributed by atoms with Crippen molar-refractivity contribution in [2.75, 3.05) is 50.8 Å². The summed E-state index contributed by atoms with van der Waals surface area (Å²) in [6, 6.07) is 8.79. The summed E-state index contributed by atoms with van der Waals surface area (Å²) in [5, 5.41) is 0. The van der Waals surface area contributed by atoms with Crippen molar-refractivity contribution in [2.24, 2.45) is 0 Å². The predicted octanol–water partition coefficient (Wildman–Crippen LogP) is 1.38. The van der Waals surface area contributed by atoms with Gasteiger partial charge in [0.1, 0.15) is 0 Å². The van der Waals surface area contributed by atoms with E-state index in [4.69, 9.17) is 4.74 Å². The fraction of sp³-hybridized carbons (Fsp3) is 0.571. The molecule has 0 spiro atoms. The summed E-state index contributed by atoms with van der Waals surface area (Å²) in [5.74, 6) is 0. The summed E-state index contributed by atoms with van der Waals surface area (Å²) in [7, 11) is 0. The molecule has 3 nitrogen and oxygen atoms in total. The molecule has 2 aliphatic rings. The standard InChI is InChI=1S/C14H20N2O/c1-2-4-14-13(3-1)5-6-16(14)8-7-15-9-11-17-12-10-15/h1-4H,5-12H2. The van der Waals surface area contributed by atoms with Gasteiger partial charge in [0.25, 0.3) is 0 Å². The van der Waals surface area contributed by atoms with Gasteiger partial charge in [0.05, 0.1) is 13.2 Å². The molecule has 1 aromatic carbocycles. The van der Waals surface area contributed by atoms with E-state index in [0.717, 1.165) is 39.4 Å². The van der Waals surface area contributed by atoms with E-state index in [-0.39, 0.29) is 0 Å². The van der Waals surface area contributed by atoms with E-state index in [1.165, 1.54) is 24.2 Å². The summed E-state index contributed by atoms with van der Waals surface area (Å²) >= 11 is 0. The number of para-hydroxylation sites is 1. The van der Waals surface area contributed by atoms with Crippen molar-refractivity contribution >= 4 is 5.69 Å². The number of hydrogen-bond acceptors (Lipinski definition) is 3. The van der Waals surface area contributed by atoms with Crippen LogP contribution in [0.4, 0.5) is 5.69 Å². The molecule has 0 aliphatic carbocycles. The number of rotatable bonds is 3. The summed E-state index contributed by atoms with van der Waals surface area (Å²) in [4.78, 5) is 5.02. The van der Waals surface area contributed by atoms with Gasteiger partial charge in [-0.2, -0.15) is 0 Å². The molecule has 0 amide bonds. The van der Waals surface area contributed by atoms with Crippen molar-refractivity contribution in [3.8, 4) is 0 Å². The molecule has 1 saturated heterocycles. The van der Waals surface area contributed by atoms with Crippen molar-refractivity contribution in [2.45, 2.75) is 6.42 Å². The fourth-order valence-electron chi connectivity index (χ4n) is 2.73. The Kier molecular flexibility index (Phi) is 3.29. The first-order valence-corrected chi connectivity index (χ1v) is 6.56. The molecule has 92 valence electrons. The van der Waals surface area contributed by atoms with E-state index in [0.29, 0.717) is 0 Å². The molecule has 3 rings (SSSR count). The molecule has 1 aromatic rings. The molecule has 1 fully saturated rings. The third-order valence-electron chi connectivity index (χ3n) is 3.77. The van der Waals surface area contributed by atoms with Gasteiger partial charge >= 0.3 is 0 Å². The van der Waals surface area contributed by atoms with Gasteiger partial charge < -0.3 is 9.64 Å². The van der Waals surface area contributed by atoms with Crippen LogP contribution < -0.4 is 4.90 Å². The first-order chi connectivity index (χ1) is 8.43. The Morgan fingerprint density at radius 3 is 2.71 bits per heavy atom. The Morgan fingerprint density at radius 1 is 1.00 bits per heavy atom. The topological polar surface area (TPSA) is 15.7 Å². The lowest BCUT2D eigenvalue weighted by molar-refractivity contribution is 0.0392. The lowest BCUT2D eigenvalue weighted by atomic mass is 10.2. The van der Waals surface area contributed by atoms with Crippen LogP contribution in [0.1, 0.15) is 5.56 Å². The molecule has 0 N–H and O–H groups in total. The highest BCUT2D eigenvalue weighted by Gasteiger charge is 2.19. The zero-order valence-corrected chi connectivity index (χ0v) is 10.3. The average Bonchev–Trinajstić information content (AvgIpc) is 2.81. The normalized spacial score (nSPS) is 20.6. The van der Waals surface area contributed by atoms with E-state index < -0.39 is 0 Å². The van der Waals surface area contributed by atoms with Crippen LogP contribution >= 0.6 is 0 Å². The van der Waals surface area contributed by atoms with Gasteiger partial charge in [-0.25, -0.2) is 0 Å². The number of ether oxygens (including phenoxy) is 1. The second kappa shape index (κ2) is 5.07. The van der Waals surface area contributed by atoms with Crippen molar-refractivity contribution in [1.29, 1.82) is 0 Å². The number of morpholine rings is 1. The van der Waals surface area contributed by atoms with Crippen molar-refractivity contribution in [1.82, 2.24) is 4.90 Å². The molecule has 17 heavy (non-hydrogen) atoms. The largest absolute Gasteiger partial charge is 0.379 e. The van der Waals surface area contributed by atoms with E-state index in [1.54, 1.807) is 0 Å². The third kappa shape index (κ3) is 2.45. The second-order valence-corrected chi connectivity index (χ2v) is 4.82. The fourth-order valence-corrected chi connectivity index (χ4v) is 2.73. The molecule has 0 bridgehead atoms. The molecular weight excluding hydrogens is 212 g/mol. The van der Waals surface area contributed by atoms with E-state index in [1.807, 2.05) is 0 Å². The van der Waals surface area contributed by atoms with Crippen LogP contribution in [0.5, 0.6) is 0 Å². The zero-order chi connectivity index (χ0) is 11.5. The Morgan fingerprint density at radius 2 is 1.82 bits per heavy atom. The van der Waals surface area contributed by atoms with Crippen LogP contribution in [0.2, 0.25) is 0 Å². The molecule has 0 atom stereocenters. The molecule has 0 saturated carbocycles. The highest BCUT2D eigenvalue weighted by molar-refractivity contribution is 5.57. The van der Waals surface area contributed by atoms with Crippen molar-refractivity contribution in [3.05, 3.63) is 29.8 Å². The minimum absolute atomic E-state index is 0.899.